The molecule has 0 atom stereocenters. The summed E-state index contributed by atoms with van der Waals surface area (Å²) in [5.41, 5.74) is 0. The molecule has 0 fully saturated rings. The molecule has 0 aromatic rings. The SMILES string of the molecule is [Li+].[Li+].[Li+].[Li+].[Li+].[Li+].[Li+].[Li+].[Li+].[Li+].[Li+].[Li+].[Li+].[O-]B([O-])[O-].[O-]B([O-])[O-].[O-]B([O-])[O-].[O-]B([O-])[O-].[O-]B([O-])[O-]. The molecule has 0 heterocycles. The Morgan fingerprint density at radius 3 is 0.152 bits per heavy atom. The van der Waals surface area contributed by atoms with Crippen molar-refractivity contribution < 1.29 is 321 Å². The van der Waals surface area contributed by atoms with Crippen LogP contribution in [0, 0.1) is 0 Å². The van der Waals surface area contributed by atoms with E-state index in [2.05, 4.69) is 0 Å². The standard InChI is InChI=1S/5BO3.13Li/c5*2-1(3)4;;;;;;;;;;;;;/q5*-3;13*+1. The van der Waals surface area contributed by atoms with Crippen molar-refractivity contribution in [1.29, 1.82) is 0 Å². The molecule has 0 amide bonds. The Balaban J connectivity index is -0.00000000485. The van der Waals surface area contributed by atoms with Gasteiger partial charge in [-0.15, -0.1) is 0 Å². The van der Waals surface area contributed by atoms with Gasteiger partial charge in [-0.1, -0.05) is 0 Å². The topological polar surface area (TPSA) is 346 Å². The largest absolute Gasteiger partial charge is 1.00 e. The first-order valence-corrected chi connectivity index (χ1v) is 3.54. The Bertz CT molecular complexity index is 107. The third kappa shape index (κ3) is 989. The Labute approximate surface area is 351 Å². The first-order chi connectivity index (χ1) is 8.66. The molecule has 0 rings (SSSR count). The van der Waals surface area contributed by atoms with Crippen LogP contribution in [-0.2, 0) is 0 Å². The minimum absolute atomic E-state index is 0. The van der Waals surface area contributed by atoms with Gasteiger partial charge in [0.05, 0.1) is 0 Å². The summed E-state index contributed by atoms with van der Waals surface area (Å²) in [7, 11) is -14.6. The van der Waals surface area contributed by atoms with E-state index in [9.17, 15) is 0 Å². The predicted molar refractivity (Wildman–Crippen MR) is 28.8 cm³/mol. The fourth-order valence-electron chi connectivity index (χ4n) is 0. The zero-order valence-corrected chi connectivity index (χ0v) is 22.0. The van der Waals surface area contributed by atoms with E-state index in [1.165, 1.54) is 0 Å². The van der Waals surface area contributed by atoms with Crippen molar-refractivity contribution in [1.82, 2.24) is 0 Å². The third-order valence-electron chi connectivity index (χ3n) is 0. The van der Waals surface area contributed by atoms with Crippen LogP contribution < -0.4 is 321 Å². The molecule has 33 heavy (non-hydrogen) atoms. The van der Waals surface area contributed by atoms with Gasteiger partial charge < -0.3 is 75.4 Å². The second kappa shape index (κ2) is 116. The van der Waals surface area contributed by atoms with Crippen LogP contribution in [0.2, 0.25) is 0 Å². The summed E-state index contributed by atoms with van der Waals surface area (Å²) < 4.78 is 0. The van der Waals surface area contributed by atoms with Crippen LogP contribution in [0.4, 0.5) is 0 Å². The summed E-state index contributed by atoms with van der Waals surface area (Å²) in [6.45, 7) is 0. The van der Waals surface area contributed by atoms with Gasteiger partial charge in [0.25, 0.3) is 0 Å². The molecule has 0 unspecified atom stereocenters. The molecule has 120 valence electrons. The zero-order chi connectivity index (χ0) is 17.9. The molecule has 0 aliphatic heterocycles. The van der Waals surface area contributed by atoms with Crippen molar-refractivity contribution in [2.75, 3.05) is 0 Å². The predicted octanol–water partition coefficient (Wildman–Crippen LogP) is -58.7. The van der Waals surface area contributed by atoms with Gasteiger partial charge in [-0.3, -0.25) is 36.6 Å². The van der Waals surface area contributed by atoms with Gasteiger partial charge >= 0.3 is 245 Å². The molecule has 0 aromatic carbocycles. The van der Waals surface area contributed by atoms with Crippen LogP contribution in [0.25, 0.3) is 0 Å². The smallest absolute Gasteiger partial charge is 0.907 e. The van der Waals surface area contributed by atoms with Crippen LogP contribution in [0.1, 0.15) is 0 Å². The van der Waals surface area contributed by atoms with Gasteiger partial charge in [-0.2, -0.15) is 0 Å². The van der Waals surface area contributed by atoms with Gasteiger partial charge in [0.2, 0.25) is 0 Å². The van der Waals surface area contributed by atoms with E-state index in [-0.39, 0.29) is 245 Å². The molecule has 0 N–H and O–H groups in total. The number of hydrogen-bond donors (Lipinski definition) is 0. The van der Waals surface area contributed by atoms with Crippen molar-refractivity contribution in [3.05, 3.63) is 0 Å². The van der Waals surface area contributed by atoms with Crippen LogP contribution in [-0.4, -0.2) is 36.6 Å². The average molecular weight is 384 g/mol. The summed E-state index contributed by atoms with van der Waals surface area (Å²) in [5.74, 6) is 0. The van der Waals surface area contributed by atoms with Gasteiger partial charge in [0.15, 0.2) is 0 Å². The van der Waals surface area contributed by atoms with Gasteiger partial charge in [-0.25, -0.2) is 0 Å². The molecule has 0 aliphatic carbocycles. The maximum absolute atomic E-state index is 8.42. The van der Waals surface area contributed by atoms with Crippen molar-refractivity contribution >= 4 is 36.6 Å². The van der Waals surface area contributed by atoms with Crippen LogP contribution in [0.5, 0.6) is 0 Å². The minimum Gasteiger partial charge on any atom is -0.907 e. The van der Waals surface area contributed by atoms with Crippen LogP contribution in [0.3, 0.4) is 0 Å². The molecule has 0 aromatic heterocycles. The van der Waals surface area contributed by atoms with E-state index in [1.54, 1.807) is 0 Å². The number of hydrogen-bond acceptors (Lipinski definition) is 15. The Morgan fingerprint density at radius 2 is 0.152 bits per heavy atom. The normalized spacial score (nSPS) is 4.09. The molecular formula is B5Li13O15-2. The summed E-state index contributed by atoms with van der Waals surface area (Å²) in [4.78, 5) is 0. The van der Waals surface area contributed by atoms with E-state index >= 15 is 0 Å². The maximum atomic E-state index is 8.42. The molecule has 0 saturated heterocycles. The summed E-state index contributed by atoms with van der Waals surface area (Å²) in [5, 5.41) is 126. The van der Waals surface area contributed by atoms with E-state index in [4.69, 9.17) is 75.4 Å². The zero-order valence-electron chi connectivity index (χ0n) is 22.0. The van der Waals surface area contributed by atoms with E-state index in [0.717, 1.165) is 0 Å². The van der Waals surface area contributed by atoms with Gasteiger partial charge in [0.1, 0.15) is 0 Å². The molecule has 33 heteroatoms. The Hall–Kier alpha value is 7.49. The van der Waals surface area contributed by atoms with E-state index in [0.29, 0.717) is 0 Å². The van der Waals surface area contributed by atoms with E-state index < -0.39 is 36.6 Å². The second-order valence-electron chi connectivity index (χ2n) is 1.44. The fourth-order valence-corrected chi connectivity index (χ4v) is 0. The van der Waals surface area contributed by atoms with Crippen molar-refractivity contribution in [3.63, 3.8) is 0 Å². The van der Waals surface area contributed by atoms with Crippen molar-refractivity contribution in [3.8, 4) is 0 Å². The maximum Gasteiger partial charge on any atom is 1.00 e. The fraction of sp³-hybridized carbons (Fsp3) is 0. The first-order valence-electron chi connectivity index (χ1n) is 3.54. The Kier molecular flexibility index (Phi) is 438. The molecular weight excluding hydrogens is 384 g/mol. The van der Waals surface area contributed by atoms with Crippen LogP contribution >= 0.6 is 0 Å². The molecule has 0 saturated carbocycles. The van der Waals surface area contributed by atoms with Gasteiger partial charge in [-0.05, 0) is 0 Å². The monoisotopic (exact) mass is 386 g/mol. The first kappa shape index (κ1) is 125. The number of rotatable bonds is 0. The van der Waals surface area contributed by atoms with Crippen molar-refractivity contribution in [2.45, 2.75) is 0 Å². The molecule has 0 spiro atoms. The average Bonchev–Trinajstić information content (AvgIpc) is 1.94. The third-order valence-corrected chi connectivity index (χ3v) is 0. The summed E-state index contributed by atoms with van der Waals surface area (Å²) in [6, 6.07) is 0. The molecule has 0 radical (unpaired) electrons. The summed E-state index contributed by atoms with van der Waals surface area (Å²) in [6.07, 6.45) is 0. The molecule has 0 bridgehead atoms. The summed E-state index contributed by atoms with van der Waals surface area (Å²) >= 11 is 0. The second-order valence-corrected chi connectivity index (χ2v) is 1.44. The van der Waals surface area contributed by atoms with Crippen molar-refractivity contribution in [2.24, 2.45) is 0 Å². The minimum atomic E-state index is -2.92. The van der Waals surface area contributed by atoms with E-state index in [1.807, 2.05) is 0 Å². The Morgan fingerprint density at radius 1 is 0.152 bits per heavy atom. The molecule has 0 aliphatic rings. The molecule has 15 nitrogen and oxygen atoms in total. The van der Waals surface area contributed by atoms with Gasteiger partial charge in [0, 0.05) is 0 Å². The quantitative estimate of drug-likeness (QED) is 0.349. The van der Waals surface area contributed by atoms with Crippen LogP contribution in [0.15, 0.2) is 0 Å².